The Morgan fingerprint density at radius 2 is 1.94 bits per heavy atom. The lowest BCUT2D eigenvalue weighted by Gasteiger charge is -2.28. The molecular weight excluding hydrogens is 444 g/mol. The summed E-state index contributed by atoms with van der Waals surface area (Å²) < 4.78 is 62.6. The van der Waals surface area contributed by atoms with Gasteiger partial charge in [0.25, 0.3) is 17.5 Å². The molecule has 176 valence electrons. The summed E-state index contributed by atoms with van der Waals surface area (Å²) in [6.45, 7) is 1.69. The van der Waals surface area contributed by atoms with Gasteiger partial charge in [0, 0.05) is 36.9 Å². The first kappa shape index (κ1) is 23.0. The molecule has 4 rings (SSSR count). The number of rotatable bonds is 5. The Bertz CT molecular complexity index is 1310. The third kappa shape index (κ3) is 4.24. The Kier molecular flexibility index (Phi) is 6.24. The van der Waals surface area contributed by atoms with Crippen LogP contribution in [-0.2, 0) is 11.8 Å². The average molecular weight is 466 g/mol. The van der Waals surface area contributed by atoms with Crippen molar-refractivity contribution < 1.29 is 22.3 Å². The molecule has 0 bridgehead atoms. The Hall–Kier alpha value is -3.21. The van der Waals surface area contributed by atoms with Crippen LogP contribution in [0.1, 0.15) is 43.0 Å². The summed E-state index contributed by atoms with van der Waals surface area (Å²) in [5, 5.41) is 7.40. The van der Waals surface area contributed by atoms with Crippen LogP contribution < -0.4 is 16.4 Å². The minimum Gasteiger partial charge on any atom is -0.378 e. The van der Waals surface area contributed by atoms with E-state index < -0.39 is 47.2 Å². The van der Waals surface area contributed by atoms with Crippen molar-refractivity contribution in [3.8, 4) is 0 Å². The smallest absolute Gasteiger partial charge is 0.274 e. The zero-order valence-corrected chi connectivity index (χ0v) is 17.9. The molecule has 2 aromatic heterocycles. The van der Waals surface area contributed by atoms with Crippen LogP contribution in [0.4, 0.5) is 23.4 Å². The predicted molar refractivity (Wildman–Crippen MR) is 114 cm³/mol. The van der Waals surface area contributed by atoms with Gasteiger partial charge in [0.15, 0.2) is 5.82 Å². The van der Waals surface area contributed by atoms with Gasteiger partial charge in [-0.15, -0.1) is 0 Å². The maximum absolute atomic E-state index is 14.6. The first-order valence-electron chi connectivity index (χ1n) is 10.4. The third-order valence-electron chi connectivity index (χ3n) is 5.83. The fraction of sp³-hybridized carbons (Fsp3) is 0.409. The van der Waals surface area contributed by atoms with Crippen molar-refractivity contribution in [2.75, 3.05) is 18.5 Å². The fourth-order valence-electron chi connectivity index (χ4n) is 4.06. The molecule has 1 saturated heterocycles. The van der Waals surface area contributed by atoms with E-state index in [4.69, 9.17) is 4.74 Å². The molecule has 0 spiro atoms. The van der Waals surface area contributed by atoms with Gasteiger partial charge in [-0.25, -0.2) is 22.2 Å². The summed E-state index contributed by atoms with van der Waals surface area (Å²) in [6.07, 6.45) is -2.75. The molecule has 1 aromatic carbocycles. The number of pyridine rings is 1. The highest BCUT2D eigenvalue weighted by Gasteiger charge is 2.28. The second-order valence-electron chi connectivity index (χ2n) is 7.99. The maximum atomic E-state index is 14.6. The zero-order valence-electron chi connectivity index (χ0n) is 17.9. The van der Waals surface area contributed by atoms with Crippen LogP contribution >= 0.6 is 0 Å². The number of ether oxygens (including phenoxy) is 1. The lowest BCUT2D eigenvalue weighted by molar-refractivity contribution is 0.00247. The standard InChI is InChI=1S/C22H22F4N4O3/c1-11(12-4-3-5-13(19(12)24)20(25)26)27-21-15-9-30(17-6-7-33-10-16(17)23)18(31)8-14(15)22(32)29(2)28-21/h3-5,8-9,11,16-17,20H,6-7,10H2,1-2H3,(H,27,28)/t11?,16-,17+/m1/s1. The molecule has 7 nitrogen and oxygen atoms in total. The van der Waals surface area contributed by atoms with Gasteiger partial charge in [-0.3, -0.25) is 9.59 Å². The van der Waals surface area contributed by atoms with Crippen LogP contribution in [0.25, 0.3) is 10.8 Å². The number of halogens is 4. The number of hydrogen-bond acceptors (Lipinski definition) is 5. The Morgan fingerprint density at radius 1 is 1.21 bits per heavy atom. The summed E-state index contributed by atoms with van der Waals surface area (Å²) in [4.78, 5) is 25.3. The molecule has 33 heavy (non-hydrogen) atoms. The van der Waals surface area contributed by atoms with Crippen molar-refractivity contribution in [3.63, 3.8) is 0 Å². The first-order valence-corrected chi connectivity index (χ1v) is 10.4. The molecular formula is C22H22F4N4O3. The average Bonchev–Trinajstić information content (AvgIpc) is 2.77. The quantitative estimate of drug-likeness (QED) is 0.581. The van der Waals surface area contributed by atoms with Crippen LogP contribution in [-0.4, -0.2) is 33.7 Å². The third-order valence-corrected chi connectivity index (χ3v) is 5.83. The van der Waals surface area contributed by atoms with Gasteiger partial charge >= 0.3 is 0 Å². The molecule has 0 saturated carbocycles. The highest BCUT2D eigenvalue weighted by molar-refractivity contribution is 5.90. The molecule has 1 aliphatic heterocycles. The molecule has 3 atom stereocenters. The minimum atomic E-state index is -2.98. The number of aromatic nitrogens is 3. The van der Waals surface area contributed by atoms with E-state index in [0.717, 1.165) is 16.8 Å². The highest BCUT2D eigenvalue weighted by atomic mass is 19.3. The van der Waals surface area contributed by atoms with Crippen LogP contribution in [0.15, 0.2) is 40.1 Å². The zero-order chi connectivity index (χ0) is 23.9. The molecule has 1 N–H and O–H groups in total. The molecule has 0 amide bonds. The van der Waals surface area contributed by atoms with Crippen molar-refractivity contribution in [3.05, 3.63) is 68.1 Å². The van der Waals surface area contributed by atoms with E-state index in [2.05, 4.69) is 10.4 Å². The van der Waals surface area contributed by atoms with E-state index in [9.17, 15) is 27.2 Å². The number of nitrogens with zero attached hydrogens (tertiary/aromatic N) is 3. The molecule has 3 heterocycles. The normalized spacial score (nSPS) is 19.7. The van der Waals surface area contributed by atoms with Crippen molar-refractivity contribution >= 4 is 16.6 Å². The van der Waals surface area contributed by atoms with Gasteiger partial charge in [0.05, 0.1) is 29.6 Å². The monoisotopic (exact) mass is 466 g/mol. The van der Waals surface area contributed by atoms with Crippen molar-refractivity contribution in [1.82, 2.24) is 14.3 Å². The molecule has 1 unspecified atom stereocenters. The summed E-state index contributed by atoms with van der Waals surface area (Å²) >= 11 is 0. The van der Waals surface area contributed by atoms with Gasteiger partial charge in [-0.1, -0.05) is 18.2 Å². The fourth-order valence-corrected chi connectivity index (χ4v) is 4.06. The van der Waals surface area contributed by atoms with Gasteiger partial charge in [0.2, 0.25) is 0 Å². The first-order chi connectivity index (χ1) is 15.7. The lowest BCUT2D eigenvalue weighted by Crippen LogP contribution is -2.37. The van der Waals surface area contributed by atoms with Crippen molar-refractivity contribution in [2.24, 2.45) is 7.05 Å². The summed E-state index contributed by atoms with van der Waals surface area (Å²) in [7, 11) is 1.39. The van der Waals surface area contributed by atoms with E-state index in [1.54, 1.807) is 6.92 Å². The van der Waals surface area contributed by atoms with E-state index >= 15 is 0 Å². The second-order valence-corrected chi connectivity index (χ2v) is 7.99. The summed E-state index contributed by atoms with van der Waals surface area (Å²) in [6, 6.07) is 3.24. The number of nitrogens with one attached hydrogen (secondary N) is 1. The SMILES string of the molecule is CC(Nc1nn(C)c(=O)c2cc(=O)n([C@H]3CCOC[C@H]3F)cc12)c1cccc(C(F)F)c1F. The predicted octanol–water partition coefficient (Wildman–Crippen LogP) is 3.64. The minimum absolute atomic E-state index is 0.0156. The number of benzene rings is 1. The van der Waals surface area contributed by atoms with Gasteiger partial charge in [-0.2, -0.15) is 5.10 Å². The van der Waals surface area contributed by atoms with E-state index in [1.807, 2.05) is 0 Å². The number of aryl methyl sites for hydroxylation is 1. The summed E-state index contributed by atoms with van der Waals surface area (Å²) in [5.41, 5.74) is -1.82. The Balaban J connectivity index is 1.81. The van der Waals surface area contributed by atoms with Crippen LogP contribution in [0.2, 0.25) is 0 Å². The largest absolute Gasteiger partial charge is 0.378 e. The number of fused-ring (bicyclic) bond motifs is 1. The summed E-state index contributed by atoms with van der Waals surface area (Å²) in [5.74, 6) is -0.918. The van der Waals surface area contributed by atoms with E-state index in [-0.39, 0.29) is 41.8 Å². The van der Waals surface area contributed by atoms with Crippen LogP contribution in [0, 0.1) is 5.82 Å². The molecule has 1 fully saturated rings. The molecule has 3 aromatic rings. The van der Waals surface area contributed by atoms with E-state index in [1.165, 1.54) is 29.9 Å². The molecule has 1 aliphatic rings. The molecule has 11 heteroatoms. The molecule has 0 aliphatic carbocycles. The van der Waals surface area contributed by atoms with Gasteiger partial charge < -0.3 is 14.6 Å². The lowest BCUT2D eigenvalue weighted by atomic mass is 10.0. The Morgan fingerprint density at radius 3 is 2.64 bits per heavy atom. The van der Waals surface area contributed by atoms with Gasteiger partial charge in [0.1, 0.15) is 12.0 Å². The molecule has 0 radical (unpaired) electrons. The van der Waals surface area contributed by atoms with Gasteiger partial charge in [-0.05, 0) is 13.3 Å². The van der Waals surface area contributed by atoms with Crippen molar-refractivity contribution in [2.45, 2.75) is 38.0 Å². The highest BCUT2D eigenvalue weighted by Crippen LogP contribution is 2.30. The van der Waals surface area contributed by atoms with Crippen LogP contribution in [0.5, 0.6) is 0 Å². The topological polar surface area (TPSA) is 78.2 Å². The van der Waals surface area contributed by atoms with Crippen molar-refractivity contribution in [1.29, 1.82) is 0 Å². The second kappa shape index (κ2) is 8.97. The maximum Gasteiger partial charge on any atom is 0.274 e. The number of hydrogen-bond donors (Lipinski definition) is 1. The van der Waals surface area contributed by atoms with E-state index in [0.29, 0.717) is 0 Å². The van der Waals surface area contributed by atoms with Crippen LogP contribution in [0.3, 0.4) is 0 Å². The Labute approximate surface area is 185 Å². The number of anilines is 1. The number of alkyl halides is 3.